The van der Waals surface area contributed by atoms with Crippen molar-refractivity contribution < 1.29 is 9.84 Å². The average Bonchev–Trinajstić information content (AvgIpc) is 2.29. The zero-order valence-corrected chi connectivity index (χ0v) is 10.4. The van der Waals surface area contributed by atoms with Gasteiger partial charge in [0.15, 0.2) is 0 Å². The van der Waals surface area contributed by atoms with Crippen LogP contribution in [-0.2, 0) is 11.3 Å². The number of aliphatic hydroxyl groups is 1. The van der Waals surface area contributed by atoms with E-state index in [9.17, 15) is 0 Å². The highest BCUT2D eigenvalue weighted by atomic mass is 35.5. The van der Waals surface area contributed by atoms with Crippen LogP contribution < -0.4 is 5.32 Å². The van der Waals surface area contributed by atoms with Crippen molar-refractivity contribution in [1.29, 1.82) is 0 Å². The van der Waals surface area contributed by atoms with Gasteiger partial charge in [-0.2, -0.15) is 0 Å². The Morgan fingerprint density at radius 2 is 2.06 bits per heavy atom. The molecular formula is C11H15Cl2NO2. The summed E-state index contributed by atoms with van der Waals surface area (Å²) in [6.07, 6.45) is 0. The molecular weight excluding hydrogens is 249 g/mol. The second kappa shape index (κ2) is 7.87. The van der Waals surface area contributed by atoms with Crippen molar-refractivity contribution in [2.45, 2.75) is 6.54 Å². The van der Waals surface area contributed by atoms with Crippen molar-refractivity contribution in [3.8, 4) is 0 Å². The lowest BCUT2D eigenvalue weighted by atomic mass is 10.2. The number of halogens is 2. The first kappa shape index (κ1) is 13.7. The van der Waals surface area contributed by atoms with Gasteiger partial charge in [0, 0.05) is 13.1 Å². The summed E-state index contributed by atoms with van der Waals surface area (Å²) in [6.45, 7) is 2.36. The maximum atomic E-state index is 8.49. The van der Waals surface area contributed by atoms with Crippen molar-refractivity contribution in [1.82, 2.24) is 5.32 Å². The molecule has 1 aromatic rings. The Morgan fingerprint density at radius 1 is 1.25 bits per heavy atom. The maximum absolute atomic E-state index is 8.49. The van der Waals surface area contributed by atoms with Crippen LogP contribution in [-0.4, -0.2) is 31.5 Å². The van der Waals surface area contributed by atoms with Gasteiger partial charge in [-0.25, -0.2) is 0 Å². The predicted molar refractivity (Wildman–Crippen MR) is 66.1 cm³/mol. The van der Waals surface area contributed by atoms with E-state index >= 15 is 0 Å². The molecule has 3 nitrogen and oxygen atoms in total. The molecule has 2 N–H and O–H groups in total. The zero-order valence-electron chi connectivity index (χ0n) is 8.88. The third kappa shape index (κ3) is 4.68. The Morgan fingerprint density at radius 3 is 2.81 bits per heavy atom. The number of hydrogen-bond acceptors (Lipinski definition) is 3. The minimum Gasteiger partial charge on any atom is -0.394 e. The van der Waals surface area contributed by atoms with Gasteiger partial charge in [0.2, 0.25) is 0 Å². The van der Waals surface area contributed by atoms with Crippen LogP contribution in [0.2, 0.25) is 10.0 Å². The minimum absolute atomic E-state index is 0.0557. The van der Waals surface area contributed by atoms with Gasteiger partial charge in [-0.05, 0) is 11.6 Å². The first-order chi connectivity index (χ1) is 7.75. The summed E-state index contributed by atoms with van der Waals surface area (Å²) in [5.74, 6) is 0. The molecule has 90 valence electrons. The van der Waals surface area contributed by atoms with Gasteiger partial charge in [0.05, 0.1) is 29.9 Å². The molecule has 0 saturated heterocycles. The lowest BCUT2D eigenvalue weighted by Gasteiger charge is -2.07. The van der Waals surface area contributed by atoms with E-state index in [1.165, 1.54) is 0 Å². The molecule has 0 aliphatic carbocycles. The highest BCUT2D eigenvalue weighted by Crippen LogP contribution is 2.25. The molecule has 0 unspecified atom stereocenters. The van der Waals surface area contributed by atoms with Gasteiger partial charge in [0.25, 0.3) is 0 Å². The molecule has 0 saturated carbocycles. The van der Waals surface area contributed by atoms with E-state index in [0.29, 0.717) is 36.3 Å². The Hall–Kier alpha value is -0.320. The van der Waals surface area contributed by atoms with Gasteiger partial charge in [-0.15, -0.1) is 0 Å². The molecule has 0 radical (unpaired) electrons. The molecule has 0 spiro atoms. The molecule has 0 aliphatic heterocycles. The lowest BCUT2D eigenvalue weighted by molar-refractivity contribution is 0.0938. The fraction of sp³-hybridized carbons (Fsp3) is 0.455. The van der Waals surface area contributed by atoms with Crippen LogP contribution in [0.3, 0.4) is 0 Å². The van der Waals surface area contributed by atoms with Crippen LogP contribution in [0.15, 0.2) is 18.2 Å². The summed E-state index contributed by atoms with van der Waals surface area (Å²) >= 11 is 11.9. The summed E-state index contributed by atoms with van der Waals surface area (Å²) in [5, 5.41) is 12.8. The molecule has 0 heterocycles. The molecule has 5 heteroatoms. The van der Waals surface area contributed by atoms with Gasteiger partial charge >= 0.3 is 0 Å². The normalized spacial score (nSPS) is 10.7. The van der Waals surface area contributed by atoms with Gasteiger partial charge in [-0.1, -0.05) is 35.3 Å². The zero-order chi connectivity index (χ0) is 11.8. The monoisotopic (exact) mass is 263 g/mol. The number of ether oxygens (including phenoxy) is 1. The van der Waals surface area contributed by atoms with Crippen molar-refractivity contribution >= 4 is 23.2 Å². The molecule has 0 amide bonds. The summed E-state index contributed by atoms with van der Waals surface area (Å²) in [7, 11) is 0. The smallest absolute Gasteiger partial charge is 0.0698 e. The van der Waals surface area contributed by atoms with E-state index < -0.39 is 0 Å². The first-order valence-corrected chi connectivity index (χ1v) is 5.83. The van der Waals surface area contributed by atoms with Crippen LogP contribution in [0.25, 0.3) is 0 Å². The van der Waals surface area contributed by atoms with Gasteiger partial charge < -0.3 is 15.2 Å². The first-order valence-electron chi connectivity index (χ1n) is 5.08. The van der Waals surface area contributed by atoms with Crippen LogP contribution in [0.5, 0.6) is 0 Å². The SMILES string of the molecule is OCCOCCNCc1cccc(Cl)c1Cl. The standard InChI is InChI=1S/C11H15Cl2NO2/c12-10-3-1-2-9(11(10)13)8-14-4-6-16-7-5-15/h1-3,14-15H,4-8H2. The third-order valence-electron chi connectivity index (χ3n) is 2.01. The van der Waals surface area contributed by atoms with E-state index in [-0.39, 0.29) is 6.61 Å². The number of rotatable bonds is 7. The Kier molecular flexibility index (Phi) is 6.76. The number of hydrogen-bond donors (Lipinski definition) is 2. The summed E-state index contributed by atoms with van der Waals surface area (Å²) in [6, 6.07) is 5.56. The number of aliphatic hydroxyl groups excluding tert-OH is 1. The summed E-state index contributed by atoms with van der Waals surface area (Å²) < 4.78 is 5.10. The Balaban J connectivity index is 2.24. The van der Waals surface area contributed by atoms with Crippen LogP contribution in [0.4, 0.5) is 0 Å². The Bertz CT molecular complexity index is 321. The molecule has 0 aliphatic rings. The molecule has 1 aromatic carbocycles. The van der Waals surface area contributed by atoms with E-state index in [1.54, 1.807) is 6.07 Å². The van der Waals surface area contributed by atoms with E-state index in [4.69, 9.17) is 33.0 Å². The molecule has 16 heavy (non-hydrogen) atoms. The van der Waals surface area contributed by atoms with Gasteiger partial charge in [-0.3, -0.25) is 0 Å². The predicted octanol–water partition coefficient (Wildman–Crippen LogP) is 2.09. The minimum atomic E-state index is 0.0557. The maximum Gasteiger partial charge on any atom is 0.0698 e. The van der Waals surface area contributed by atoms with E-state index in [2.05, 4.69) is 5.32 Å². The molecule has 0 aromatic heterocycles. The van der Waals surface area contributed by atoms with Crippen molar-refractivity contribution in [3.05, 3.63) is 33.8 Å². The fourth-order valence-electron chi connectivity index (χ4n) is 1.22. The van der Waals surface area contributed by atoms with Crippen molar-refractivity contribution in [3.63, 3.8) is 0 Å². The molecule has 0 fully saturated rings. The quantitative estimate of drug-likeness (QED) is 0.741. The summed E-state index contributed by atoms with van der Waals surface area (Å²) in [5.41, 5.74) is 0.969. The molecule has 1 rings (SSSR count). The second-order valence-electron chi connectivity index (χ2n) is 3.23. The lowest BCUT2D eigenvalue weighted by Crippen LogP contribution is -2.20. The number of nitrogens with one attached hydrogen (secondary N) is 1. The molecule has 0 bridgehead atoms. The third-order valence-corrected chi connectivity index (χ3v) is 2.86. The van der Waals surface area contributed by atoms with Gasteiger partial charge in [0.1, 0.15) is 0 Å². The largest absolute Gasteiger partial charge is 0.394 e. The van der Waals surface area contributed by atoms with Crippen molar-refractivity contribution in [2.24, 2.45) is 0 Å². The van der Waals surface area contributed by atoms with Crippen molar-refractivity contribution in [2.75, 3.05) is 26.4 Å². The van der Waals surface area contributed by atoms with Crippen LogP contribution >= 0.6 is 23.2 Å². The van der Waals surface area contributed by atoms with E-state index in [0.717, 1.165) is 5.56 Å². The topological polar surface area (TPSA) is 41.5 Å². The summed E-state index contributed by atoms with van der Waals surface area (Å²) in [4.78, 5) is 0. The Labute approximate surface area is 105 Å². The van der Waals surface area contributed by atoms with Crippen LogP contribution in [0, 0.1) is 0 Å². The average molecular weight is 264 g/mol. The van der Waals surface area contributed by atoms with E-state index in [1.807, 2.05) is 12.1 Å². The molecule has 0 atom stereocenters. The van der Waals surface area contributed by atoms with Crippen LogP contribution in [0.1, 0.15) is 5.56 Å². The second-order valence-corrected chi connectivity index (χ2v) is 4.01. The highest BCUT2D eigenvalue weighted by molar-refractivity contribution is 6.42. The number of benzene rings is 1. The fourth-order valence-corrected chi connectivity index (χ4v) is 1.61. The highest BCUT2D eigenvalue weighted by Gasteiger charge is 2.02.